The van der Waals surface area contributed by atoms with E-state index in [4.69, 9.17) is 9.47 Å². The van der Waals surface area contributed by atoms with Gasteiger partial charge in [0.25, 0.3) is 5.56 Å². The zero-order chi connectivity index (χ0) is 22.1. The number of aliphatic hydroxyl groups is 1. The van der Waals surface area contributed by atoms with E-state index in [2.05, 4.69) is 9.97 Å². The van der Waals surface area contributed by atoms with Crippen LogP contribution in [0.2, 0.25) is 0 Å². The van der Waals surface area contributed by atoms with E-state index >= 15 is 0 Å². The summed E-state index contributed by atoms with van der Waals surface area (Å²) in [5.74, 6) is 0.224. The average Bonchev–Trinajstić information content (AvgIpc) is 2.82. The largest absolute Gasteiger partial charge is 0.446 e. The maximum Gasteiger partial charge on any atom is 0.261 e. The van der Waals surface area contributed by atoms with Crippen LogP contribution in [0.15, 0.2) is 59.8 Å². The minimum Gasteiger partial charge on any atom is -0.446 e. The number of alkyl halides is 1. The number of hydrogen-bond donors (Lipinski definition) is 1. The first kappa shape index (κ1) is 20.5. The van der Waals surface area contributed by atoms with E-state index in [0.717, 1.165) is 21.9 Å². The fraction of sp³-hybridized carbons (Fsp3) is 0.292. The summed E-state index contributed by atoms with van der Waals surface area (Å²) in [6.07, 6.45) is 3.51. The third-order valence-electron chi connectivity index (χ3n) is 5.92. The molecule has 1 saturated heterocycles. The van der Waals surface area contributed by atoms with Crippen LogP contribution in [0, 0.1) is 0 Å². The second-order valence-electron chi connectivity index (χ2n) is 7.87. The molecule has 2 aromatic carbocycles. The number of fused-ring (bicyclic) bond motifs is 3. The number of aromatic nitrogens is 3. The van der Waals surface area contributed by atoms with Crippen molar-refractivity contribution < 1.29 is 19.0 Å². The highest BCUT2D eigenvalue weighted by Gasteiger charge is 2.27. The standard InChI is InChI=1S/C24H22FN3O4/c25-13-32-22-6-5-15(11-26-22)9-16-10-19-23(18-4-2-1-3-17(16)18)27-14-28(24(19)30)20-7-8-31-12-21(20)29/h1-6,10-11,14,20-21,29H,7-9,12-13H2/t20?,21-/m0/s1. The third kappa shape index (κ3) is 3.72. The monoisotopic (exact) mass is 435 g/mol. The Morgan fingerprint density at radius 1 is 1.16 bits per heavy atom. The molecule has 1 unspecified atom stereocenters. The van der Waals surface area contributed by atoms with Gasteiger partial charge < -0.3 is 14.6 Å². The van der Waals surface area contributed by atoms with Crippen LogP contribution < -0.4 is 10.3 Å². The Bertz CT molecular complexity index is 1320. The number of hydrogen-bond acceptors (Lipinski definition) is 6. The maximum atomic E-state index is 13.4. The molecule has 2 aromatic heterocycles. The highest BCUT2D eigenvalue weighted by Crippen LogP contribution is 2.29. The van der Waals surface area contributed by atoms with Crippen LogP contribution in [0.4, 0.5) is 4.39 Å². The molecule has 4 aromatic rings. The number of pyridine rings is 1. The zero-order valence-corrected chi connectivity index (χ0v) is 17.3. The minimum absolute atomic E-state index is 0.183. The van der Waals surface area contributed by atoms with Gasteiger partial charge in [0.15, 0.2) is 0 Å². The normalized spacial score (nSPS) is 18.8. The van der Waals surface area contributed by atoms with Crippen molar-refractivity contribution in [2.45, 2.75) is 25.0 Å². The van der Waals surface area contributed by atoms with Crippen LogP contribution in [0.5, 0.6) is 5.88 Å². The molecule has 0 saturated carbocycles. The Morgan fingerprint density at radius 2 is 2.00 bits per heavy atom. The maximum absolute atomic E-state index is 13.4. The van der Waals surface area contributed by atoms with Gasteiger partial charge in [-0.2, -0.15) is 0 Å². The van der Waals surface area contributed by atoms with E-state index in [0.29, 0.717) is 30.4 Å². The molecule has 0 spiro atoms. The minimum atomic E-state index is -0.928. The van der Waals surface area contributed by atoms with Gasteiger partial charge in [-0.05, 0) is 35.4 Å². The van der Waals surface area contributed by atoms with Crippen molar-refractivity contribution in [2.24, 2.45) is 0 Å². The number of benzene rings is 2. The lowest BCUT2D eigenvalue weighted by molar-refractivity contribution is -0.0395. The summed E-state index contributed by atoms with van der Waals surface area (Å²) in [7, 11) is 0. The van der Waals surface area contributed by atoms with Crippen molar-refractivity contribution in [3.05, 3.63) is 76.5 Å². The van der Waals surface area contributed by atoms with Crippen LogP contribution in [0.3, 0.4) is 0 Å². The van der Waals surface area contributed by atoms with Crippen molar-refractivity contribution in [1.82, 2.24) is 14.5 Å². The molecular weight excluding hydrogens is 413 g/mol. The lowest BCUT2D eigenvalue weighted by Gasteiger charge is -2.29. The molecular formula is C24H22FN3O4. The molecule has 0 aliphatic carbocycles. The van der Waals surface area contributed by atoms with Crippen LogP contribution in [-0.4, -0.2) is 45.8 Å². The van der Waals surface area contributed by atoms with E-state index in [-0.39, 0.29) is 24.1 Å². The molecule has 0 amide bonds. The highest BCUT2D eigenvalue weighted by atomic mass is 19.1. The van der Waals surface area contributed by atoms with Gasteiger partial charge in [-0.15, -0.1) is 0 Å². The molecule has 5 rings (SSSR count). The van der Waals surface area contributed by atoms with E-state index < -0.39 is 13.0 Å². The van der Waals surface area contributed by atoms with E-state index in [1.54, 1.807) is 12.3 Å². The molecule has 7 nitrogen and oxygen atoms in total. The fourth-order valence-electron chi connectivity index (χ4n) is 4.34. The molecule has 32 heavy (non-hydrogen) atoms. The Morgan fingerprint density at radius 3 is 2.75 bits per heavy atom. The summed E-state index contributed by atoms with van der Waals surface area (Å²) < 4.78 is 24.0. The molecule has 0 bridgehead atoms. The quantitative estimate of drug-likeness (QED) is 0.485. The first-order valence-electron chi connectivity index (χ1n) is 10.5. The SMILES string of the molecule is O=c1c2cc(Cc3ccc(OCF)nc3)c3ccccc3c2ncn1C1CCOC[C@@H]1O. The summed E-state index contributed by atoms with van der Waals surface area (Å²) in [5, 5.41) is 12.7. The molecule has 1 fully saturated rings. The number of rotatable bonds is 5. The Kier molecular flexibility index (Phi) is 5.55. The molecule has 1 aliphatic rings. The van der Waals surface area contributed by atoms with Gasteiger partial charge in [-0.25, -0.2) is 14.4 Å². The van der Waals surface area contributed by atoms with Gasteiger partial charge in [0.05, 0.1) is 36.0 Å². The molecule has 1 N–H and O–H groups in total. The van der Waals surface area contributed by atoms with Crippen LogP contribution in [-0.2, 0) is 11.2 Å². The Hall–Kier alpha value is -3.36. The van der Waals surface area contributed by atoms with E-state index in [1.807, 2.05) is 36.4 Å². The zero-order valence-electron chi connectivity index (χ0n) is 17.3. The summed E-state index contributed by atoms with van der Waals surface area (Å²) in [6, 6.07) is 12.8. The van der Waals surface area contributed by atoms with Gasteiger partial charge in [0.2, 0.25) is 12.7 Å². The van der Waals surface area contributed by atoms with Gasteiger partial charge in [-0.1, -0.05) is 30.3 Å². The van der Waals surface area contributed by atoms with Crippen molar-refractivity contribution in [2.75, 3.05) is 20.1 Å². The summed E-state index contributed by atoms with van der Waals surface area (Å²) in [6.45, 7) is -0.236. The molecule has 164 valence electrons. The predicted molar refractivity (Wildman–Crippen MR) is 118 cm³/mol. The highest BCUT2D eigenvalue weighted by molar-refractivity contribution is 6.06. The molecule has 1 aliphatic heterocycles. The number of aliphatic hydroxyl groups excluding tert-OH is 1. The van der Waals surface area contributed by atoms with E-state index in [1.165, 1.54) is 10.9 Å². The lowest BCUT2D eigenvalue weighted by Crippen LogP contribution is -2.39. The second-order valence-corrected chi connectivity index (χ2v) is 7.87. The third-order valence-corrected chi connectivity index (χ3v) is 5.92. The first-order valence-corrected chi connectivity index (χ1v) is 10.5. The Balaban J connectivity index is 1.63. The van der Waals surface area contributed by atoms with Gasteiger partial charge in [0, 0.05) is 24.3 Å². The summed E-state index contributed by atoms with van der Waals surface area (Å²) in [4.78, 5) is 22.2. The number of nitrogens with zero attached hydrogens (tertiary/aromatic N) is 3. The molecule has 8 heteroatoms. The first-order chi connectivity index (χ1) is 15.7. The number of halogens is 1. The lowest BCUT2D eigenvalue weighted by atomic mass is 9.96. The van der Waals surface area contributed by atoms with Crippen LogP contribution in [0.25, 0.3) is 21.7 Å². The van der Waals surface area contributed by atoms with E-state index in [9.17, 15) is 14.3 Å². The average molecular weight is 435 g/mol. The van der Waals surface area contributed by atoms with Gasteiger partial charge >= 0.3 is 0 Å². The molecule has 2 atom stereocenters. The summed E-state index contributed by atoms with van der Waals surface area (Å²) in [5.41, 5.74) is 2.32. The molecule has 3 heterocycles. The Labute approximate surface area is 183 Å². The van der Waals surface area contributed by atoms with Crippen LogP contribution in [0.1, 0.15) is 23.6 Å². The smallest absolute Gasteiger partial charge is 0.261 e. The molecule has 0 radical (unpaired) electrons. The second kappa shape index (κ2) is 8.64. The van der Waals surface area contributed by atoms with Crippen LogP contribution >= 0.6 is 0 Å². The van der Waals surface area contributed by atoms with Gasteiger partial charge in [0.1, 0.15) is 0 Å². The fourth-order valence-corrected chi connectivity index (χ4v) is 4.34. The van der Waals surface area contributed by atoms with Crippen molar-refractivity contribution >= 4 is 21.7 Å². The number of ether oxygens (including phenoxy) is 2. The predicted octanol–water partition coefficient (Wildman–Crippen LogP) is 3.16. The van der Waals surface area contributed by atoms with Crippen molar-refractivity contribution in [1.29, 1.82) is 0 Å². The summed E-state index contributed by atoms with van der Waals surface area (Å²) >= 11 is 0. The van der Waals surface area contributed by atoms with Crippen molar-refractivity contribution in [3.63, 3.8) is 0 Å². The topological polar surface area (TPSA) is 86.5 Å². The van der Waals surface area contributed by atoms with Crippen molar-refractivity contribution in [3.8, 4) is 5.88 Å². The van der Waals surface area contributed by atoms with Gasteiger partial charge in [-0.3, -0.25) is 9.36 Å².